The number of hydrogen-bond donors (Lipinski definition) is 1. The van der Waals surface area contributed by atoms with Crippen molar-refractivity contribution in [3.63, 3.8) is 0 Å². The third-order valence-electron chi connectivity index (χ3n) is 4.25. The van der Waals surface area contributed by atoms with Gasteiger partial charge in [0.25, 0.3) is 15.9 Å². The number of sulfonamides is 1. The molecule has 0 bridgehead atoms. The fourth-order valence-electron chi connectivity index (χ4n) is 2.93. The van der Waals surface area contributed by atoms with E-state index >= 15 is 0 Å². The molecule has 1 saturated heterocycles. The molecular weight excluding hydrogens is 343 g/mol. The van der Waals surface area contributed by atoms with Crippen LogP contribution in [0.1, 0.15) is 28.8 Å². The summed E-state index contributed by atoms with van der Waals surface area (Å²) in [5.74, 6) is -0.688. The molecule has 3 rings (SSSR count). The first-order valence-corrected chi connectivity index (χ1v) is 9.54. The number of likely N-dealkylation sites (tertiary alicyclic amines) is 1. The van der Waals surface area contributed by atoms with Gasteiger partial charge in [0, 0.05) is 13.1 Å². The van der Waals surface area contributed by atoms with Gasteiger partial charge in [0.15, 0.2) is 0 Å². The van der Waals surface area contributed by atoms with Gasteiger partial charge in [0.1, 0.15) is 5.82 Å². The largest absolute Gasteiger partial charge is 0.339 e. The fourth-order valence-corrected chi connectivity index (χ4v) is 4.00. The molecule has 1 amide bonds. The Kier molecular flexibility index (Phi) is 4.76. The smallest absolute Gasteiger partial charge is 0.261 e. The molecular formula is C18H19FN2O3S. The maximum Gasteiger partial charge on any atom is 0.261 e. The summed E-state index contributed by atoms with van der Waals surface area (Å²) in [6.07, 6.45) is 1.91. The van der Waals surface area contributed by atoms with Crippen molar-refractivity contribution in [3.05, 3.63) is 59.4 Å². The first-order chi connectivity index (χ1) is 11.9. The molecule has 7 heteroatoms. The van der Waals surface area contributed by atoms with Crippen molar-refractivity contribution in [2.75, 3.05) is 17.8 Å². The fraction of sp³-hybridized carbons (Fsp3) is 0.278. The molecule has 0 aliphatic carbocycles. The minimum Gasteiger partial charge on any atom is -0.339 e. The molecule has 2 aromatic carbocycles. The quantitative estimate of drug-likeness (QED) is 0.908. The van der Waals surface area contributed by atoms with Crippen molar-refractivity contribution < 1.29 is 17.6 Å². The highest BCUT2D eigenvalue weighted by atomic mass is 32.2. The molecule has 5 nitrogen and oxygen atoms in total. The van der Waals surface area contributed by atoms with Crippen LogP contribution in [0.2, 0.25) is 0 Å². The Morgan fingerprint density at radius 2 is 1.72 bits per heavy atom. The van der Waals surface area contributed by atoms with Gasteiger partial charge in [-0.15, -0.1) is 0 Å². The maximum absolute atomic E-state index is 13.0. The van der Waals surface area contributed by atoms with Crippen molar-refractivity contribution >= 4 is 21.6 Å². The maximum atomic E-state index is 13.0. The number of hydrogen-bond acceptors (Lipinski definition) is 3. The highest BCUT2D eigenvalue weighted by Crippen LogP contribution is 2.26. The normalized spacial score (nSPS) is 14.6. The van der Waals surface area contributed by atoms with Crippen molar-refractivity contribution in [1.29, 1.82) is 0 Å². The number of nitrogens with zero attached hydrogens (tertiary/aromatic N) is 1. The van der Waals surface area contributed by atoms with E-state index in [1.807, 2.05) is 0 Å². The van der Waals surface area contributed by atoms with Gasteiger partial charge in [-0.3, -0.25) is 9.52 Å². The lowest BCUT2D eigenvalue weighted by Gasteiger charge is -2.20. The van der Waals surface area contributed by atoms with Gasteiger partial charge in [-0.05, 0) is 55.7 Å². The predicted octanol–water partition coefficient (Wildman–Crippen LogP) is 3.17. The molecule has 25 heavy (non-hydrogen) atoms. The van der Waals surface area contributed by atoms with Gasteiger partial charge < -0.3 is 4.90 Å². The van der Waals surface area contributed by atoms with Gasteiger partial charge in [-0.2, -0.15) is 0 Å². The highest BCUT2D eigenvalue weighted by molar-refractivity contribution is 7.92. The van der Waals surface area contributed by atoms with E-state index in [4.69, 9.17) is 0 Å². The van der Waals surface area contributed by atoms with Crippen LogP contribution in [0.3, 0.4) is 0 Å². The summed E-state index contributed by atoms with van der Waals surface area (Å²) in [7, 11) is -3.91. The second-order valence-corrected chi connectivity index (χ2v) is 7.74. The molecule has 0 aromatic heterocycles. The third kappa shape index (κ3) is 3.66. The average molecular weight is 362 g/mol. The van der Waals surface area contributed by atoms with Gasteiger partial charge >= 0.3 is 0 Å². The Bertz CT molecular complexity index is 889. The number of halogens is 1. The predicted molar refractivity (Wildman–Crippen MR) is 93.5 cm³/mol. The minimum atomic E-state index is -3.91. The number of carbonyl (C=O) groups is 1. The van der Waals surface area contributed by atoms with E-state index in [2.05, 4.69) is 4.72 Å². The SMILES string of the molecule is Cc1cccc(NS(=O)(=O)c2ccc(F)cc2)c1C(=O)N1CCCC1. The van der Waals surface area contributed by atoms with Gasteiger partial charge in [0.05, 0.1) is 16.1 Å². The first kappa shape index (κ1) is 17.4. The van der Waals surface area contributed by atoms with E-state index in [1.54, 1.807) is 30.0 Å². The molecule has 1 N–H and O–H groups in total. The summed E-state index contributed by atoms with van der Waals surface area (Å²) >= 11 is 0. The number of anilines is 1. The summed E-state index contributed by atoms with van der Waals surface area (Å²) in [6.45, 7) is 3.13. The van der Waals surface area contributed by atoms with Crippen LogP contribution in [-0.4, -0.2) is 32.3 Å². The molecule has 0 radical (unpaired) electrons. The van der Waals surface area contributed by atoms with Gasteiger partial charge in [0.2, 0.25) is 0 Å². The van der Waals surface area contributed by atoms with Crippen molar-refractivity contribution in [3.8, 4) is 0 Å². The lowest BCUT2D eigenvalue weighted by molar-refractivity contribution is 0.0793. The van der Waals surface area contributed by atoms with E-state index in [0.717, 1.165) is 25.0 Å². The molecule has 1 fully saturated rings. The molecule has 1 aliphatic heterocycles. The van der Waals surface area contributed by atoms with Crippen LogP contribution in [0, 0.1) is 12.7 Å². The lowest BCUT2D eigenvalue weighted by atomic mass is 10.1. The Balaban J connectivity index is 1.96. The summed E-state index contributed by atoms with van der Waals surface area (Å²) < 4.78 is 40.6. The van der Waals surface area contributed by atoms with Gasteiger partial charge in [-0.25, -0.2) is 12.8 Å². The monoisotopic (exact) mass is 362 g/mol. The van der Waals surface area contributed by atoms with Crippen molar-refractivity contribution in [1.82, 2.24) is 4.90 Å². The van der Waals surface area contributed by atoms with Crippen LogP contribution in [0.5, 0.6) is 0 Å². The number of nitrogens with one attached hydrogen (secondary N) is 1. The highest BCUT2D eigenvalue weighted by Gasteiger charge is 2.25. The third-order valence-corrected chi connectivity index (χ3v) is 5.63. The standard InChI is InChI=1S/C18H19FN2O3S/c1-13-5-4-6-16(17(13)18(22)21-11-2-3-12-21)20-25(23,24)15-9-7-14(19)8-10-15/h4-10,20H,2-3,11-12H2,1H3. The van der Waals surface area contributed by atoms with Crippen LogP contribution < -0.4 is 4.72 Å². The number of amides is 1. The Morgan fingerprint density at radius 3 is 2.36 bits per heavy atom. The molecule has 1 aliphatic rings. The van der Waals surface area contributed by atoms with E-state index in [0.29, 0.717) is 24.2 Å². The van der Waals surface area contributed by atoms with Crippen LogP contribution >= 0.6 is 0 Å². The van der Waals surface area contributed by atoms with E-state index in [-0.39, 0.29) is 16.5 Å². The number of benzene rings is 2. The van der Waals surface area contributed by atoms with Crippen LogP contribution in [-0.2, 0) is 10.0 Å². The molecule has 0 saturated carbocycles. The molecule has 0 unspecified atom stereocenters. The number of carbonyl (C=O) groups excluding carboxylic acids is 1. The molecule has 0 spiro atoms. The van der Waals surface area contributed by atoms with Gasteiger partial charge in [-0.1, -0.05) is 12.1 Å². The van der Waals surface area contributed by atoms with E-state index in [1.165, 1.54) is 12.1 Å². The topological polar surface area (TPSA) is 66.5 Å². The Morgan fingerprint density at radius 1 is 1.08 bits per heavy atom. The van der Waals surface area contributed by atoms with Crippen molar-refractivity contribution in [2.24, 2.45) is 0 Å². The van der Waals surface area contributed by atoms with Crippen LogP contribution in [0.25, 0.3) is 0 Å². The molecule has 132 valence electrons. The summed E-state index contributed by atoms with van der Waals surface area (Å²) in [4.78, 5) is 14.5. The summed E-state index contributed by atoms with van der Waals surface area (Å²) in [5.41, 5.74) is 1.30. The summed E-state index contributed by atoms with van der Waals surface area (Å²) in [6, 6.07) is 9.59. The summed E-state index contributed by atoms with van der Waals surface area (Å²) in [5, 5.41) is 0. The first-order valence-electron chi connectivity index (χ1n) is 8.06. The Labute approximate surface area is 146 Å². The minimum absolute atomic E-state index is 0.0602. The molecule has 1 heterocycles. The van der Waals surface area contributed by atoms with Crippen molar-refractivity contribution in [2.45, 2.75) is 24.7 Å². The number of aryl methyl sites for hydroxylation is 1. The zero-order valence-electron chi connectivity index (χ0n) is 13.8. The molecule has 2 aromatic rings. The average Bonchev–Trinajstić information content (AvgIpc) is 3.09. The molecule has 0 atom stereocenters. The van der Waals surface area contributed by atoms with Crippen LogP contribution in [0.4, 0.5) is 10.1 Å². The second-order valence-electron chi connectivity index (χ2n) is 6.06. The van der Waals surface area contributed by atoms with Crippen LogP contribution in [0.15, 0.2) is 47.4 Å². The second kappa shape index (κ2) is 6.84. The zero-order chi connectivity index (χ0) is 18.0. The zero-order valence-corrected chi connectivity index (χ0v) is 14.6. The number of rotatable bonds is 4. The van der Waals surface area contributed by atoms with E-state index < -0.39 is 15.8 Å². The Hall–Kier alpha value is -2.41. The lowest BCUT2D eigenvalue weighted by Crippen LogP contribution is -2.29. The van der Waals surface area contributed by atoms with E-state index in [9.17, 15) is 17.6 Å².